The molecule has 2 aromatic rings. The molecule has 0 bridgehead atoms. The number of likely N-dealkylation sites (tertiary alicyclic amines) is 1. The van der Waals surface area contributed by atoms with Gasteiger partial charge in [-0.3, -0.25) is 9.89 Å². The van der Waals surface area contributed by atoms with Gasteiger partial charge in [0.1, 0.15) is 11.6 Å². The van der Waals surface area contributed by atoms with Crippen molar-refractivity contribution in [3.63, 3.8) is 0 Å². The Morgan fingerprint density at radius 3 is 2.89 bits per heavy atom. The molecule has 1 unspecified atom stereocenters. The number of rotatable bonds is 5. The van der Waals surface area contributed by atoms with Crippen molar-refractivity contribution >= 4 is 17.6 Å². The molecule has 1 aliphatic heterocycles. The Morgan fingerprint density at radius 1 is 1.39 bits per heavy atom. The van der Waals surface area contributed by atoms with Crippen molar-refractivity contribution in [2.24, 2.45) is 12.0 Å². The fourth-order valence-corrected chi connectivity index (χ4v) is 3.59. The molecule has 0 radical (unpaired) electrons. The third-order valence-electron chi connectivity index (χ3n) is 5.08. The summed E-state index contributed by atoms with van der Waals surface area (Å²) in [4.78, 5) is 6.66. The van der Waals surface area contributed by atoms with Crippen LogP contribution in [-0.4, -0.2) is 51.8 Å². The van der Waals surface area contributed by atoms with Crippen LogP contribution in [0.5, 0.6) is 0 Å². The van der Waals surface area contributed by atoms with E-state index >= 15 is 0 Å². The zero-order valence-electron chi connectivity index (χ0n) is 16.5. The molecule has 1 saturated heterocycles. The summed E-state index contributed by atoms with van der Waals surface area (Å²) in [5.74, 6) is 2.17. The van der Waals surface area contributed by atoms with Gasteiger partial charge in [-0.1, -0.05) is 17.7 Å². The summed E-state index contributed by atoms with van der Waals surface area (Å²) in [6.45, 7) is 5.06. The van der Waals surface area contributed by atoms with E-state index in [2.05, 4.69) is 30.7 Å². The van der Waals surface area contributed by atoms with Crippen molar-refractivity contribution in [1.82, 2.24) is 30.3 Å². The Labute approximate surface area is 170 Å². The summed E-state index contributed by atoms with van der Waals surface area (Å²) < 4.78 is 15.2. The maximum Gasteiger partial charge on any atom is 0.191 e. The number of hydrogen-bond donors (Lipinski definition) is 2. The summed E-state index contributed by atoms with van der Waals surface area (Å²) >= 11 is 6.18. The van der Waals surface area contributed by atoms with E-state index in [4.69, 9.17) is 11.6 Å². The van der Waals surface area contributed by atoms with E-state index in [1.54, 1.807) is 13.1 Å². The quantitative estimate of drug-likeness (QED) is 0.587. The maximum atomic E-state index is 13.3. The number of benzene rings is 1. The van der Waals surface area contributed by atoms with Gasteiger partial charge in [-0.2, -0.15) is 0 Å². The smallest absolute Gasteiger partial charge is 0.191 e. The number of nitrogens with zero attached hydrogens (tertiary/aromatic N) is 5. The van der Waals surface area contributed by atoms with Crippen LogP contribution in [0.15, 0.2) is 23.2 Å². The standard InChI is InChI=1S/C19H27ClFN7/c1-13-25-26-18(27(13)3)10-23-19(22-2)24-16-5-4-8-28(12-16)11-14-6-7-15(21)9-17(14)20/h6-7,9,16H,4-5,8,10-12H2,1-3H3,(H2,22,23,24). The van der Waals surface area contributed by atoms with Gasteiger partial charge in [0.2, 0.25) is 0 Å². The third-order valence-corrected chi connectivity index (χ3v) is 5.43. The number of guanidine groups is 1. The predicted octanol–water partition coefficient (Wildman–Crippen LogP) is 2.25. The van der Waals surface area contributed by atoms with Gasteiger partial charge in [-0.25, -0.2) is 4.39 Å². The van der Waals surface area contributed by atoms with Crippen LogP contribution in [0, 0.1) is 12.7 Å². The molecule has 152 valence electrons. The molecule has 2 heterocycles. The molecular weight excluding hydrogens is 381 g/mol. The topological polar surface area (TPSA) is 70.4 Å². The van der Waals surface area contributed by atoms with Crippen LogP contribution in [0.1, 0.15) is 30.1 Å². The van der Waals surface area contributed by atoms with Crippen molar-refractivity contribution in [2.45, 2.75) is 38.9 Å². The molecule has 1 aromatic carbocycles. The number of aliphatic imine (C=N–C) groups is 1. The summed E-state index contributed by atoms with van der Waals surface area (Å²) in [5, 5.41) is 15.5. The number of piperidine rings is 1. The Kier molecular flexibility index (Phi) is 6.85. The number of aryl methyl sites for hydroxylation is 1. The number of hydrogen-bond acceptors (Lipinski definition) is 4. The van der Waals surface area contributed by atoms with E-state index in [-0.39, 0.29) is 11.9 Å². The van der Waals surface area contributed by atoms with E-state index in [1.807, 2.05) is 18.5 Å². The first-order valence-corrected chi connectivity index (χ1v) is 9.82. The van der Waals surface area contributed by atoms with Gasteiger partial charge in [0.15, 0.2) is 11.8 Å². The molecule has 1 atom stereocenters. The van der Waals surface area contributed by atoms with Gasteiger partial charge in [0, 0.05) is 38.2 Å². The molecule has 1 aromatic heterocycles. The highest BCUT2D eigenvalue weighted by molar-refractivity contribution is 6.31. The van der Waals surface area contributed by atoms with Gasteiger partial charge in [0.25, 0.3) is 0 Å². The SMILES string of the molecule is CN=C(NCc1nnc(C)n1C)NC1CCCN(Cc2ccc(F)cc2Cl)C1. The van der Waals surface area contributed by atoms with E-state index in [1.165, 1.54) is 12.1 Å². The Hall–Kier alpha value is -2.19. The molecule has 9 heteroatoms. The molecule has 7 nitrogen and oxygen atoms in total. The van der Waals surface area contributed by atoms with Crippen molar-refractivity contribution in [1.29, 1.82) is 0 Å². The summed E-state index contributed by atoms with van der Waals surface area (Å²) in [6, 6.07) is 4.87. The Bertz CT molecular complexity index is 836. The Morgan fingerprint density at radius 2 is 2.21 bits per heavy atom. The molecule has 0 aliphatic carbocycles. The van der Waals surface area contributed by atoms with E-state index in [0.717, 1.165) is 49.1 Å². The predicted molar refractivity (Wildman–Crippen MR) is 109 cm³/mol. The van der Waals surface area contributed by atoms with E-state index in [9.17, 15) is 4.39 Å². The summed E-state index contributed by atoms with van der Waals surface area (Å²) in [5.41, 5.74) is 0.948. The van der Waals surface area contributed by atoms with Gasteiger partial charge in [-0.15, -0.1) is 10.2 Å². The molecule has 0 saturated carbocycles. The molecule has 3 rings (SSSR count). The van der Waals surface area contributed by atoms with Crippen LogP contribution < -0.4 is 10.6 Å². The largest absolute Gasteiger partial charge is 0.352 e. The average Bonchev–Trinajstić information content (AvgIpc) is 3.00. The van der Waals surface area contributed by atoms with Crippen LogP contribution in [-0.2, 0) is 20.1 Å². The van der Waals surface area contributed by atoms with Crippen molar-refractivity contribution in [2.75, 3.05) is 20.1 Å². The zero-order chi connectivity index (χ0) is 20.1. The van der Waals surface area contributed by atoms with Gasteiger partial charge in [0.05, 0.1) is 6.54 Å². The third kappa shape index (κ3) is 5.20. The molecule has 1 fully saturated rings. The van der Waals surface area contributed by atoms with Crippen LogP contribution in [0.4, 0.5) is 4.39 Å². The lowest BCUT2D eigenvalue weighted by Gasteiger charge is -2.34. The molecule has 0 spiro atoms. The minimum Gasteiger partial charge on any atom is -0.352 e. The number of nitrogens with one attached hydrogen (secondary N) is 2. The lowest BCUT2D eigenvalue weighted by atomic mass is 10.0. The van der Waals surface area contributed by atoms with Crippen LogP contribution in [0.3, 0.4) is 0 Å². The van der Waals surface area contributed by atoms with E-state index < -0.39 is 0 Å². The first-order valence-electron chi connectivity index (χ1n) is 9.44. The zero-order valence-corrected chi connectivity index (χ0v) is 17.3. The first-order chi connectivity index (χ1) is 13.5. The van der Waals surface area contributed by atoms with Gasteiger partial charge in [-0.05, 0) is 44.0 Å². The fourth-order valence-electron chi connectivity index (χ4n) is 3.36. The van der Waals surface area contributed by atoms with Gasteiger partial charge < -0.3 is 15.2 Å². The average molecular weight is 408 g/mol. The molecule has 0 amide bonds. The van der Waals surface area contributed by atoms with Crippen LogP contribution in [0.2, 0.25) is 5.02 Å². The monoisotopic (exact) mass is 407 g/mol. The Balaban J connectivity index is 1.53. The first kappa shape index (κ1) is 20.5. The molecule has 28 heavy (non-hydrogen) atoms. The second kappa shape index (κ2) is 9.34. The second-order valence-electron chi connectivity index (χ2n) is 7.10. The molecule has 2 N–H and O–H groups in total. The lowest BCUT2D eigenvalue weighted by molar-refractivity contribution is 0.192. The second-order valence-corrected chi connectivity index (χ2v) is 7.51. The fraction of sp³-hybridized carbons (Fsp3) is 0.526. The highest BCUT2D eigenvalue weighted by Crippen LogP contribution is 2.21. The lowest BCUT2D eigenvalue weighted by Crippen LogP contribution is -2.50. The summed E-state index contributed by atoms with van der Waals surface area (Å²) in [6.07, 6.45) is 2.15. The van der Waals surface area contributed by atoms with Crippen molar-refractivity contribution < 1.29 is 4.39 Å². The number of halogens is 2. The summed E-state index contributed by atoms with van der Waals surface area (Å²) in [7, 11) is 3.71. The van der Waals surface area contributed by atoms with Crippen LogP contribution in [0.25, 0.3) is 0 Å². The van der Waals surface area contributed by atoms with Crippen LogP contribution >= 0.6 is 11.6 Å². The molecular formula is C19H27ClFN7. The minimum atomic E-state index is -0.306. The van der Waals surface area contributed by atoms with Crippen molar-refractivity contribution in [3.05, 3.63) is 46.3 Å². The highest BCUT2D eigenvalue weighted by atomic mass is 35.5. The van der Waals surface area contributed by atoms with Crippen molar-refractivity contribution in [3.8, 4) is 0 Å². The van der Waals surface area contributed by atoms with Gasteiger partial charge >= 0.3 is 0 Å². The minimum absolute atomic E-state index is 0.278. The maximum absolute atomic E-state index is 13.3. The number of aromatic nitrogens is 3. The highest BCUT2D eigenvalue weighted by Gasteiger charge is 2.21. The molecule has 1 aliphatic rings. The van der Waals surface area contributed by atoms with E-state index in [0.29, 0.717) is 18.1 Å². The normalized spacial score (nSPS) is 18.3.